The van der Waals surface area contributed by atoms with Gasteiger partial charge < -0.3 is 19.8 Å². The number of methoxy groups -OCH3 is 1. The third kappa shape index (κ3) is 7.09. The topological polar surface area (TPSA) is 88.8 Å². The zero-order valence-electron chi connectivity index (χ0n) is 17.8. The molecule has 1 aromatic heterocycles. The number of hydrogen-bond acceptors (Lipinski definition) is 5. The fourth-order valence-electron chi connectivity index (χ4n) is 2.77. The zero-order valence-corrected chi connectivity index (χ0v) is 20.2. The molecule has 1 heterocycles. The molecule has 0 aliphatic carbocycles. The Bertz CT molecular complexity index is 998. The smallest absolute Gasteiger partial charge is 0.337 e. The Morgan fingerprint density at radius 1 is 1.10 bits per heavy atom. The minimum absolute atomic E-state index is 0. The number of nitrogens with one attached hydrogen (secondary N) is 2. The molecule has 2 aromatic carbocycles. The van der Waals surface area contributed by atoms with E-state index in [0.29, 0.717) is 30.5 Å². The van der Waals surface area contributed by atoms with Crippen LogP contribution in [0.15, 0.2) is 64.2 Å². The molecule has 0 fully saturated rings. The lowest BCUT2D eigenvalue weighted by atomic mass is 10.1. The Morgan fingerprint density at radius 3 is 2.45 bits per heavy atom. The molecule has 0 unspecified atom stereocenters. The number of esters is 1. The maximum absolute atomic E-state index is 11.5. The summed E-state index contributed by atoms with van der Waals surface area (Å²) in [5.74, 6) is 0.923. The Balaban J connectivity index is 0.00000341. The summed E-state index contributed by atoms with van der Waals surface area (Å²) in [5.41, 5.74) is 4.44. The van der Waals surface area contributed by atoms with Crippen LogP contribution in [0.25, 0.3) is 11.5 Å². The van der Waals surface area contributed by atoms with Crippen LogP contribution in [-0.4, -0.2) is 30.6 Å². The highest BCUT2D eigenvalue weighted by molar-refractivity contribution is 14.0. The van der Waals surface area contributed by atoms with Crippen LogP contribution in [0.5, 0.6) is 0 Å². The highest BCUT2D eigenvalue weighted by Gasteiger charge is 2.08. The number of carbonyl (C=O) groups excluding carboxylic acids is 1. The number of rotatable bonds is 7. The standard InChI is InChI=1S/C23H26N4O3.HI/c1-4-24-23(25-13-17-7-11-19(12-8-17)22(28)29-3)26-14-20-15-30-21(27-20)18-9-5-16(2)6-10-18;/h5-12,15H,4,13-14H2,1-3H3,(H2,24,25,26);1H. The molecule has 0 bridgehead atoms. The number of hydrogen-bond donors (Lipinski definition) is 2. The van der Waals surface area contributed by atoms with E-state index in [4.69, 9.17) is 9.15 Å². The van der Waals surface area contributed by atoms with Crippen molar-refractivity contribution in [3.63, 3.8) is 0 Å². The van der Waals surface area contributed by atoms with Crippen LogP contribution in [0, 0.1) is 6.92 Å². The first-order valence-corrected chi connectivity index (χ1v) is 9.80. The molecule has 7 nitrogen and oxygen atoms in total. The van der Waals surface area contributed by atoms with E-state index in [1.807, 2.05) is 50.2 Å². The van der Waals surface area contributed by atoms with Gasteiger partial charge in [-0.15, -0.1) is 24.0 Å². The van der Waals surface area contributed by atoms with E-state index in [2.05, 4.69) is 20.6 Å². The van der Waals surface area contributed by atoms with Crippen molar-refractivity contribution < 1.29 is 13.9 Å². The third-order valence-corrected chi connectivity index (χ3v) is 4.43. The van der Waals surface area contributed by atoms with E-state index in [9.17, 15) is 4.79 Å². The van der Waals surface area contributed by atoms with Crippen molar-refractivity contribution in [1.82, 2.24) is 15.6 Å². The summed E-state index contributed by atoms with van der Waals surface area (Å²) >= 11 is 0. The summed E-state index contributed by atoms with van der Waals surface area (Å²) in [6.45, 7) is 5.75. The van der Waals surface area contributed by atoms with E-state index in [-0.39, 0.29) is 29.9 Å². The van der Waals surface area contributed by atoms with Gasteiger partial charge in [0.05, 0.1) is 31.5 Å². The van der Waals surface area contributed by atoms with E-state index >= 15 is 0 Å². The van der Waals surface area contributed by atoms with Gasteiger partial charge in [-0.1, -0.05) is 29.8 Å². The summed E-state index contributed by atoms with van der Waals surface area (Å²) in [6.07, 6.45) is 1.65. The second-order valence-corrected chi connectivity index (χ2v) is 6.75. The third-order valence-electron chi connectivity index (χ3n) is 4.43. The SMILES string of the molecule is CCNC(=NCc1ccc(C(=O)OC)cc1)NCc1coc(-c2ccc(C)cc2)n1.I. The number of guanidine groups is 1. The maximum Gasteiger partial charge on any atom is 0.337 e. The average Bonchev–Trinajstić information content (AvgIpc) is 3.25. The Labute approximate surface area is 199 Å². The number of aliphatic imine (C=N–C) groups is 1. The summed E-state index contributed by atoms with van der Waals surface area (Å²) in [5, 5.41) is 6.48. The van der Waals surface area contributed by atoms with Crippen LogP contribution in [0.2, 0.25) is 0 Å². The van der Waals surface area contributed by atoms with Gasteiger partial charge in [0, 0.05) is 12.1 Å². The van der Waals surface area contributed by atoms with Gasteiger partial charge in [-0.3, -0.25) is 0 Å². The highest BCUT2D eigenvalue weighted by atomic mass is 127. The first kappa shape index (κ1) is 24.4. The molecule has 164 valence electrons. The average molecular weight is 534 g/mol. The van der Waals surface area contributed by atoms with Crippen LogP contribution >= 0.6 is 24.0 Å². The van der Waals surface area contributed by atoms with Gasteiger partial charge in [0.1, 0.15) is 6.26 Å². The Hall–Kier alpha value is -2.88. The number of aromatic nitrogens is 1. The maximum atomic E-state index is 11.5. The van der Waals surface area contributed by atoms with E-state index in [1.165, 1.54) is 12.7 Å². The molecule has 31 heavy (non-hydrogen) atoms. The van der Waals surface area contributed by atoms with Crippen molar-refractivity contribution in [3.05, 3.63) is 77.2 Å². The number of ether oxygens (including phenoxy) is 1. The summed E-state index contributed by atoms with van der Waals surface area (Å²) < 4.78 is 10.3. The molecular formula is C23H27IN4O3. The van der Waals surface area contributed by atoms with E-state index in [0.717, 1.165) is 23.4 Å². The van der Waals surface area contributed by atoms with Crippen LogP contribution < -0.4 is 10.6 Å². The normalized spacial score (nSPS) is 10.9. The lowest BCUT2D eigenvalue weighted by Crippen LogP contribution is -2.36. The van der Waals surface area contributed by atoms with Crippen molar-refractivity contribution >= 4 is 35.9 Å². The largest absolute Gasteiger partial charge is 0.465 e. The minimum atomic E-state index is -0.349. The number of oxazole rings is 1. The van der Waals surface area contributed by atoms with Crippen molar-refractivity contribution in [2.45, 2.75) is 26.9 Å². The summed E-state index contributed by atoms with van der Waals surface area (Å²) in [6, 6.07) is 15.3. The minimum Gasteiger partial charge on any atom is -0.465 e. The second kappa shape index (κ2) is 12.1. The predicted octanol–water partition coefficient (Wildman–Crippen LogP) is 4.31. The Morgan fingerprint density at radius 2 is 1.81 bits per heavy atom. The van der Waals surface area contributed by atoms with Crippen molar-refractivity contribution in [3.8, 4) is 11.5 Å². The summed E-state index contributed by atoms with van der Waals surface area (Å²) in [4.78, 5) is 20.6. The van der Waals surface area contributed by atoms with E-state index < -0.39 is 0 Å². The molecule has 0 saturated carbocycles. The molecule has 2 N–H and O–H groups in total. The predicted molar refractivity (Wildman–Crippen MR) is 132 cm³/mol. The molecule has 0 amide bonds. The van der Waals surface area contributed by atoms with Gasteiger partial charge in [-0.2, -0.15) is 0 Å². The second-order valence-electron chi connectivity index (χ2n) is 6.75. The molecule has 0 atom stereocenters. The van der Waals surface area contributed by atoms with Gasteiger partial charge in [0.2, 0.25) is 5.89 Å². The number of halogens is 1. The van der Waals surface area contributed by atoms with Gasteiger partial charge in [-0.05, 0) is 43.7 Å². The van der Waals surface area contributed by atoms with Crippen LogP contribution in [0.3, 0.4) is 0 Å². The fourth-order valence-corrected chi connectivity index (χ4v) is 2.77. The molecule has 3 rings (SSSR count). The number of carbonyl (C=O) groups is 1. The number of benzene rings is 2. The van der Waals surface area contributed by atoms with Gasteiger partial charge >= 0.3 is 5.97 Å². The molecular weight excluding hydrogens is 507 g/mol. The zero-order chi connectivity index (χ0) is 21.3. The molecule has 0 radical (unpaired) electrons. The van der Waals surface area contributed by atoms with Crippen molar-refractivity contribution in [2.24, 2.45) is 4.99 Å². The van der Waals surface area contributed by atoms with Crippen molar-refractivity contribution in [2.75, 3.05) is 13.7 Å². The highest BCUT2D eigenvalue weighted by Crippen LogP contribution is 2.19. The number of nitrogens with zero attached hydrogens (tertiary/aromatic N) is 2. The number of aryl methyl sites for hydroxylation is 1. The first-order valence-electron chi connectivity index (χ1n) is 9.80. The van der Waals surface area contributed by atoms with Gasteiger partial charge in [-0.25, -0.2) is 14.8 Å². The quantitative estimate of drug-likeness (QED) is 0.203. The lowest BCUT2D eigenvalue weighted by molar-refractivity contribution is 0.0600. The monoisotopic (exact) mass is 534 g/mol. The van der Waals surface area contributed by atoms with Crippen LogP contribution in [-0.2, 0) is 17.8 Å². The first-order chi connectivity index (χ1) is 14.6. The van der Waals surface area contributed by atoms with Crippen LogP contribution in [0.1, 0.15) is 34.1 Å². The summed E-state index contributed by atoms with van der Waals surface area (Å²) in [7, 11) is 1.37. The van der Waals surface area contributed by atoms with Crippen molar-refractivity contribution in [1.29, 1.82) is 0 Å². The van der Waals surface area contributed by atoms with Gasteiger partial charge in [0.15, 0.2) is 5.96 Å². The van der Waals surface area contributed by atoms with Crippen LogP contribution in [0.4, 0.5) is 0 Å². The molecule has 8 heteroatoms. The van der Waals surface area contributed by atoms with E-state index in [1.54, 1.807) is 18.4 Å². The lowest BCUT2D eigenvalue weighted by Gasteiger charge is -2.10. The Kier molecular flexibility index (Phi) is 9.51. The fraction of sp³-hybridized carbons (Fsp3) is 0.261. The molecule has 3 aromatic rings. The molecule has 0 spiro atoms. The molecule has 0 saturated heterocycles. The molecule has 0 aliphatic heterocycles. The molecule has 0 aliphatic rings. The van der Waals surface area contributed by atoms with Gasteiger partial charge in [0.25, 0.3) is 0 Å².